The molecule has 1 heterocycles. The third-order valence-electron chi connectivity index (χ3n) is 3.08. The predicted octanol–water partition coefficient (Wildman–Crippen LogP) is 0.698. The van der Waals surface area contributed by atoms with Gasteiger partial charge in [-0.25, -0.2) is 0 Å². The summed E-state index contributed by atoms with van der Waals surface area (Å²) in [6.07, 6.45) is 0.391. The number of carbonyl (C=O) groups excluding carboxylic acids is 1. The minimum absolute atomic E-state index is 0.0272. The molecule has 0 radical (unpaired) electrons. The van der Waals surface area contributed by atoms with Gasteiger partial charge in [0, 0.05) is 26.1 Å². The number of carboxylic acid groups (broad SMARTS) is 1. The van der Waals surface area contributed by atoms with E-state index in [1.54, 1.807) is 0 Å². The molecule has 5 heteroatoms. The summed E-state index contributed by atoms with van der Waals surface area (Å²) in [4.78, 5) is 24.5. The van der Waals surface area contributed by atoms with Crippen LogP contribution in [-0.2, 0) is 9.59 Å². The molecule has 1 atom stereocenters. The number of carboxylic acids is 1. The van der Waals surface area contributed by atoms with E-state index in [1.807, 2.05) is 11.8 Å². The molecular formula is C12H22N2O3. The summed E-state index contributed by atoms with van der Waals surface area (Å²) in [7, 11) is 0. The average Bonchev–Trinajstić information content (AvgIpc) is 2.34. The first-order valence-electron chi connectivity index (χ1n) is 6.09. The Kier molecular flexibility index (Phi) is 4.51. The molecule has 1 unspecified atom stereocenters. The van der Waals surface area contributed by atoms with E-state index >= 15 is 0 Å². The van der Waals surface area contributed by atoms with Gasteiger partial charge >= 0.3 is 5.97 Å². The van der Waals surface area contributed by atoms with E-state index in [0.29, 0.717) is 13.0 Å². The lowest BCUT2D eigenvalue weighted by atomic mass is 9.93. The van der Waals surface area contributed by atoms with Gasteiger partial charge in [0.25, 0.3) is 0 Å². The van der Waals surface area contributed by atoms with Crippen LogP contribution < -0.4 is 5.32 Å². The van der Waals surface area contributed by atoms with Gasteiger partial charge in [-0.2, -0.15) is 0 Å². The Bertz CT molecular complexity index is 302. The fourth-order valence-corrected chi connectivity index (χ4v) is 2.12. The minimum atomic E-state index is -0.855. The second kappa shape index (κ2) is 5.49. The third-order valence-corrected chi connectivity index (χ3v) is 3.08. The van der Waals surface area contributed by atoms with Crippen LogP contribution in [0.4, 0.5) is 0 Å². The van der Waals surface area contributed by atoms with Crippen molar-refractivity contribution in [3.8, 4) is 0 Å². The Hall–Kier alpha value is -1.10. The van der Waals surface area contributed by atoms with Crippen LogP contribution in [0.15, 0.2) is 0 Å². The van der Waals surface area contributed by atoms with E-state index < -0.39 is 5.97 Å². The highest BCUT2D eigenvalue weighted by atomic mass is 16.4. The molecule has 1 rings (SSSR count). The first-order chi connectivity index (χ1) is 7.85. The van der Waals surface area contributed by atoms with Crippen LogP contribution in [0.25, 0.3) is 0 Å². The maximum absolute atomic E-state index is 12.1. The standard InChI is InChI=1S/C12H22N2O3/c1-4-14-8-12(2,3)7-13-9(11(14)17)5-6-10(15)16/h9,13H,4-8H2,1-3H3,(H,15,16). The molecule has 2 N–H and O–H groups in total. The molecule has 0 aromatic rings. The van der Waals surface area contributed by atoms with Crippen molar-refractivity contribution < 1.29 is 14.7 Å². The van der Waals surface area contributed by atoms with Crippen molar-refractivity contribution in [2.24, 2.45) is 5.41 Å². The van der Waals surface area contributed by atoms with Gasteiger partial charge in [0.2, 0.25) is 5.91 Å². The van der Waals surface area contributed by atoms with Gasteiger partial charge in [0.15, 0.2) is 0 Å². The van der Waals surface area contributed by atoms with E-state index in [0.717, 1.165) is 13.1 Å². The number of hydrogen-bond donors (Lipinski definition) is 2. The van der Waals surface area contributed by atoms with Crippen LogP contribution in [0.1, 0.15) is 33.6 Å². The molecule has 0 bridgehead atoms. The van der Waals surface area contributed by atoms with Crippen molar-refractivity contribution in [3.63, 3.8) is 0 Å². The molecule has 1 saturated heterocycles. The van der Waals surface area contributed by atoms with Crippen molar-refractivity contribution in [3.05, 3.63) is 0 Å². The summed E-state index contributed by atoms with van der Waals surface area (Å²) in [5.74, 6) is -0.828. The van der Waals surface area contributed by atoms with Gasteiger partial charge in [-0.3, -0.25) is 9.59 Å². The van der Waals surface area contributed by atoms with Gasteiger partial charge in [0.1, 0.15) is 0 Å². The fourth-order valence-electron chi connectivity index (χ4n) is 2.12. The molecule has 0 aromatic carbocycles. The monoisotopic (exact) mass is 242 g/mol. The Labute approximate surface area is 102 Å². The Morgan fingerprint density at radius 2 is 2.24 bits per heavy atom. The second-order valence-corrected chi connectivity index (χ2v) is 5.38. The minimum Gasteiger partial charge on any atom is -0.481 e. The molecule has 5 nitrogen and oxygen atoms in total. The lowest BCUT2D eigenvalue weighted by Crippen LogP contribution is -2.43. The molecule has 0 saturated carbocycles. The van der Waals surface area contributed by atoms with Gasteiger partial charge in [-0.1, -0.05) is 13.8 Å². The zero-order valence-corrected chi connectivity index (χ0v) is 10.8. The molecule has 1 fully saturated rings. The summed E-state index contributed by atoms with van der Waals surface area (Å²) in [6.45, 7) is 8.30. The van der Waals surface area contributed by atoms with E-state index in [9.17, 15) is 9.59 Å². The van der Waals surface area contributed by atoms with Crippen LogP contribution in [0.2, 0.25) is 0 Å². The van der Waals surface area contributed by atoms with Gasteiger partial charge in [-0.05, 0) is 18.8 Å². The van der Waals surface area contributed by atoms with Crippen LogP contribution in [0.5, 0.6) is 0 Å². The molecule has 0 aromatic heterocycles. The van der Waals surface area contributed by atoms with Gasteiger partial charge in [0.05, 0.1) is 6.04 Å². The molecule has 1 amide bonds. The quantitative estimate of drug-likeness (QED) is 0.761. The fraction of sp³-hybridized carbons (Fsp3) is 0.833. The molecule has 17 heavy (non-hydrogen) atoms. The van der Waals surface area contributed by atoms with Crippen molar-refractivity contribution in [2.75, 3.05) is 19.6 Å². The van der Waals surface area contributed by atoms with E-state index in [4.69, 9.17) is 5.11 Å². The summed E-state index contributed by atoms with van der Waals surface area (Å²) in [6, 6.07) is -0.354. The highest BCUT2D eigenvalue weighted by Crippen LogP contribution is 2.20. The lowest BCUT2D eigenvalue weighted by Gasteiger charge is -2.28. The molecular weight excluding hydrogens is 220 g/mol. The largest absolute Gasteiger partial charge is 0.481 e. The Morgan fingerprint density at radius 1 is 1.59 bits per heavy atom. The molecule has 0 aliphatic carbocycles. The number of amides is 1. The van der Waals surface area contributed by atoms with Crippen molar-refractivity contribution in [1.29, 1.82) is 0 Å². The summed E-state index contributed by atoms with van der Waals surface area (Å²) in [5.41, 5.74) is 0.0314. The van der Waals surface area contributed by atoms with E-state index in [2.05, 4.69) is 19.2 Å². The Balaban J connectivity index is 2.71. The van der Waals surface area contributed by atoms with Crippen LogP contribution >= 0.6 is 0 Å². The van der Waals surface area contributed by atoms with Crippen LogP contribution in [0, 0.1) is 5.41 Å². The SMILES string of the molecule is CCN1CC(C)(C)CNC(CCC(=O)O)C1=O. The van der Waals surface area contributed by atoms with E-state index in [1.165, 1.54) is 0 Å². The average molecular weight is 242 g/mol. The van der Waals surface area contributed by atoms with Crippen LogP contribution in [0.3, 0.4) is 0 Å². The maximum atomic E-state index is 12.1. The first-order valence-corrected chi connectivity index (χ1v) is 6.09. The summed E-state index contributed by atoms with van der Waals surface area (Å²) >= 11 is 0. The predicted molar refractivity (Wildman–Crippen MR) is 64.7 cm³/mol. The number of hydrogen-bond acceptors (Lipinski definition) is 3. The second-order valence-electron chi connectivity index (χ2n) is 5.38. The Morgan fingerprint density at radius 3 is 2.76 bits per heavy atom. The highest BCUT2D eigenvalue weighted by molar-refractivity contribution is 5.82. The number of nitrogens with zero attached hydrogens (tertiary/aromatic N) is 1. The zero-order valence-electron chi connectivity index (χ0n) is 10.8. The van der Waals surface area contributed by atoms with Gasteiger partial charge in [-0.15, -0.1) is 0 Å². The number of aliphatic carboxylic acids is 1. The van der Waals surface area contributed by atoms with Crippen LogP contribution in [-0.4, -0.2) is 47.6 Å². The maximum Gasteiger partial charge on any atom is 0.303 e. The number of carbonyl (C=O) groups is 2. The molecule has 98 valence electrons. The lowest BCUT2D eigenvalue weighted by molar-refractivity contribution is -0.137. The summed E-state index contributed by atoms with van der Waals surface area (Å²) < 4.78 is 0. The smallest absolute Gasteiger partial charge is 0.303 e. The highest BCUT2D eigenvalue weighted by Gasteiger charge is 2.33. The normalized spacial score (nSPS) is 24.5. The molecule has 0 spiro atoms. The van der Waals surface area contributed by atoms with Crippen molar-refractivity contribution >= 4 is 11.9 Å². The molecule has 1 aliphatic rings. The van der Waals surface area contributed by atoms with Crippen molar-refractivity contribution in [2.45, 2.75) is 39.7 Å². The zero-order chi connectivity index (χ0) is 13.1. The number of likely N-dealkylation sites (N-methyl/N-ethyl adjacent to an activating group) is 1. The first kappa shape index (κ1) is 14.0. The topological polar surface area (TPSA) is 69.6 Å². The third kappa shape index (κ3) is 4.00. The number of rotatable bonds is 4. The molecule has 1 aliphatic heterocycles. The summed E-state index contributed by atoms with van der Waals surface area (Å²) in [5, 5.41) is 11.9. The van der Waals surface area contributed by atoms with Gasteiger partial charge < -0.3 is 15.3 Å². The van der Waals surface area contributed by atoms with E-state index in [-0.39, 0.29) is 23.8 Å². The number of nitrogens with one attached hydrogen (secondary N) is 1. The van der Waals surface area contributed by atoms with Crippen molar-refractivity contribution in [1.82, 2.24) is 10.2 Å².